The monoisotopic (exact) mass is 524 g/mol. The number of rotatable bonds is 10. The van der Waals surface area contributed by atoms with E-state index in [-0.39, 0.29) is 13.0 Å². The molecule has 0 fully saturated rings. The molecule has 0 saturated carbocycles. The van der Waals surface area contributed by atoms with Crippen molar-refractivity contribution >= 4 is 17.8 Å². The molecular formula is C31H28N2O6. The van der Waals surface area contributed by atoms with E-state index in [4.69, 9.17) is 13.9 Å². The molecule has 5 rings (SSSR count). The zero-order valence-electron chi connectivity index (χ0n) is 21.8. The highest BCUT2D eigenvalue weighted by molar-refractivity contribution is 6.22. The van der Waals surface area contributed by atoms with Crippen molar-refractivity contribution in [2.45, 2.75) is 32.7 Å². The number of esters is 1. The van der Waals surface area contributed by atoms with Crippen LogP contribution in [0.2, 0.25) is 0 Å². The number of oxazole rings is 1. The first-order valence-electron chi connectivity index (χ1n) is 12.8. The number of amides is 2. The second-order valence-corrected chi connectivity index (χ2v) is 9.13. The predicted molar refractivity (Wildman–Crippen MR) is 143 cm³/mol. The molecule has 2 amide bonds. The molecule has 0 spiro atoms. The average Bonchev–Trinajstić information content (AvgIpc) is 3.45. The summed E-state index contributed by atoms with van der Waals surface area (Å²) < 4.78 is 16.9. The van der Waals surface area contributed by atoms with Gasteiger partial charge in [0.25, 0.3) is 11.8 Å². The van der Waals surface area contributed by atoms with Crippen LogP contribution in [0.3, 0.4) is 0 Å². The number of ether oxygens (including phenoxy) is 2. The normalized spacial score (nSPS) is 13.3. The molecule has 0 radical (unpaired) electrons. The molecular weight excluding hydrogens is 496 g/mol. The molecule has 0 bridgehead atoms. The van der Waals surface area contributed by atoms with E-state index < -0.39 is 23.8 Å². The quantitative estimate of drug-likeness (QED) is 0.212. The third-order valence-electron chi connectivity index (χ3n) is 6.57. The van der Waals surface area contributed by atoms with Crippen LogP contribution in [0, 0.1) is 6.92 Å². The summed E-state index contributed by atoms with van der Waals surface area (Å²) in [5.41, 5.74) is 3.10. The number of carbonyl (C=O) groups is 3. The Labute approximate surface area is 226 Å². The highest BCUT2D eigenvalue weighted by Crippen LogP contribution is 2.27. The van der Waals surface area contributed by atoms with E-state index in [1.165, 1.54) is 0 Å². The molecule has 8 nitrogen and oxygen atoms in total. The lowest BCUT2D eigenvalue weighted by atomic mass is 10.0. The molecule has 0 saturated heterocycles. The zero-order chi connectivity index (χ0) is 27.4. The van der Waals surface area contributed by atoms with Gasteiger partial charge in [-0.05, 0) is 55.8 Å². The molecule has 1 aromatic heterocycles. The van der Waals surface area contributed by atoms with E-state index in [1.54, 1.807) is 43.3 Å². The summed E-state index contributed by atoms with van der Waals surface area (Å²) in [6.45, 7) is 4.12. The number of aromatic nitrogens is 1. The maximum Gasteiger partial charge on any atom is 0.329 e. The number of carbonyl (C=O) groups excluding carboxylic acids is 3. The van der Waals surface area contributed by atoms with Crippen molar-refractivity contribution in [2.24, 2.45) is 0 Å². The van der Waals surface area contributed by atoms with Gasteiger partial charge in [0.05, 0.1) is 30.0 Å². The van der Waals surface area contributed by atoms with E-state index in [0.717, 1.165) is 27.5 Å². The molecule has 2 heterocycles. The van der Waals surface area contributed by atoms with Crippen molar-refractivity contribution in [3.8, 4) is 17.2 Å². The molecule has 3 aromatic carbocycles. The molecule has 4 aromatic rings. The average molecular weight is 525 g/mol. The van der Waals surface area contributed by atoms with Crippen molar-refractivity contribution in [1.29, 1.82) is 0 Å². The minimum absolute atomic E-state index is 0.130. The number of benzene rings is 3. The maximum absolute atomic E-state index is 13.0. The van der Waals surface area contributed by atoms with Crippen molar-refractivity contribution in [3.63, 3.8) is 0 Å². The first-order valence-corrected chi connectivity index (χ1v) is 12.8. The Morgan fingerprint density at radius 3 is 2.21 bits per heavy atom. The van der Waals surface area contributed by atoms with Crippen LogP contribution in [0.1, 0.15) is 44.7 Å². The van der Waals surface area contributed by atoms with Crippen LogP contribution >= 0.6 is 0 Å². The van der Waals surface area contributed by atoms with Gasteiger partial charge in [-0.2, -0.15) is 0 Å². The van der Waals surface area contributed by atoms with Gasteiger partial charge in [-0.15, -0.1) is 0 Å². The molecule has 0 N–H and O–H groups in total. The molecule has 1 atom stereocenters. The lowest BCUT2D eigenvalue weighted by Gasteiger charge is -2.24. The van der Waals surface area contributed by atoms with E-state index in [2.05, 4.69) is 4.98 Å². The number of hydrogen-bond donors (Lipinski definition) is 0. The van der Waals surface area contributed by atoms with E-state index in [1.807, 2.05) is 49.4 Å². The van der Waals surface area contributed by atoms with Gasteiger partial charge in [-0.1, -0.05) is 42.5 Å². The summed E-state index contributed by atoms with van der Waals surface area (Å²) >= 11 is 0. The Hall–Kier alpha value is -4.72. The first-order chi connectivity index (χ1) is 19.0. The van der Waals surface area contributed by atoms with Crippen molar-refractivity contribution in [1.82, 2.24) is 9.88 Å². The molecule has 1 aliphatic rings. The summed E-state index contributed by atoms with van der Waals surface area (Å²) in [6.07, 6.45) is 0.708. The van der Waals surface area contributed by atoms with Crippen LogP contribution in [-0.2, 0) is 22.4 Å². The standard InChI is InChI=1S/C31H28N2O6/c1-3-37-31(36)27(33-29(34)24-11-7-8-12-25(24)30(33)35)19-21-13-15-23(16-14-21)38-18-17-26-20(2)39-28(32-26)22-9-5-4-6-10-22/h4-16,27H,3,17-19H2,1-2H3. The van der Waals surface area contributed by atoms with Crippen molar-refractivity contribution in [2.75, 3.05) is 13.2 Å². The minimum Gasteiger partial charge on any atom is -0.493 e. The second-order valence-electron chi connectivity index (χ2n) is 9.13. The van der Waals surface area contributed by atoms with Gasteiger partial charge in [0.15, 0.2) is 0 Å². The van der Waals surface area contributed by atoms with Gasteiger partial charge < -0.3 is 13.9 Å². The molecule has 8 heteroatoms. The molecule has 1 unspecified atom stereocenters. The van der Waals surface area contributed by atoms with Gasteiger partial charge in [0, 0.05) is 18.4 Å². The van der Waals surface area contributed by atoms with Crippen LogP contribution in [0.4, 0.5) is 0 Å². The largest absolute Gasteiger partial charge is 0.493 e. The highest BCUT2D eigenvalue weighted by atomic mass is 16.5. The third-order valence-corrected chi connectivity index (χ3v) is 6.57. The smallest absolute Gasteiger partial charge is 0.329 e. The summed E-state index contributed by atoms with van der Waals surface area (Å²) in [4.78, 5) is 44.5. The number of aryl methyl sites for hydroxylation is 1. The zero-order valence-corrected chi connectivity index (χ0v) is 21.8. The summed E-state index contributed by atoms with van der Waals surface area (Å²) in [7, 11) is 0. The first kappa shape index (κ1) is 25.9. The Morgan fingerprint density at radius 2 is 1.56 bits per heavy atom. The number of hydrogen-bond acceptors (Lipinski definition) is 7. The van der Waals surface area contributed by atoms with Gasteiger partial charge in [-0.25, -0.2) is 9.78 Å². The summed E-state index contributed by atoms with van der Waals surface area (Å²) in [6, 6.07) is 22.4. The Kier molecular flexibility index (Phi) is 7.54. The number of fused-ring (bicyclic) bond motifs is 1. The fourth-order valence-corrected chi connectivity index (χ4v) is 4.58. The van der Waals surface area contributed by atoms with Gasteiger partial charge >= 0.3 is 5.97 Å². The van der Waals surface area contributed by atoms with Gasteiger partial charge in [0.2, 0.25) is 5.89 Å². The molecule has 39 heavy (non-hydrogen) atoms. The van der Waals surface area contributed by atoms with Crippen molar-refractivity contribution < 1.29 is 28.3 Å². The number of nitrogens with zero attached hydrogens (tertiary/aromatic N) is 2. The maximum atomic E-state index is 13.0. The fraction of sp³-hybridized carbons (Fsp3) is 0.226. The summed E-state index contributed by atoms with van der Waals surface area (Å²) in [5, 5.41) is 0. The topological polar surface area (TPSA) is 98.9 Å². The Bertz CT molecular complexity index is 1460. The molecule has 0 aliphatic carbocycles. The van der Waals surface area contributed by atoms with Crippen LogP contribution in [-0.4, -0.2) is 46.9 Å². The van der Waals surface area contributed by atoms with Gasteiger partial charge in [-0.3, -0.25) is 14.5 Å². The van der Waals surface area contributed by atoms with Crippen LogP contribution < -0.4 is 4.74 Å². The van der Waals surface area contributed by atoms with E-state index in [9.17, 15) is 14.4 Å². The summed E-state index contributed by atoms with van der Waals surface area (Å²) in [5.74, 6) is 0.383. The van der Waals surface area contributed by atoms with Crippen LogP contribution in [0.5, 0.6) is 5.75 Å². The predicted octanol–water partition coefficient (Wildman–Crippen LogP) is 5.04. The molecule has 198 valence electrons. The minimum atomic E-state index is -1.07. The van der Waals surface area contributed by atoms with E-state index in [0.29, 0.717) is 35.8 Å². The lowest BCUT2D eigenvalue weighted by Crippen LogP contribution is -2.47. The number of imide groups is 1. The van der Waals surface area contributed by atoms with Crippen LogP contribution in [0.15, 0.2) is 83.3 Å². The van der Waals surface area contributed by atoms with E-state index >= 15 is 0 Å². The Morgan fingerprint density at radius 1 is 0.923 bits per heavy atom. The highest BCUT2D eigenvalue weighted by Gasteiger charge is 2.43. The van der Waals surface area contributed by atoms with Crippen LogP contribution in [0.25, 0.3) is 11.5 Å². The molecule has 1 aliphatic heterocycles. The fourth-order valence-electron chi connectivity index (χ4n) is 4.58. The SMILES string of the molecule is CCOC(=O)C(Cc1ccc(OCCc2nc(-c3ccccc3)oc2C)cc1)N1C(=O)c2ccccc2C1=O. The van der Waals surface area contributed by atoms with Gasteiger partial charge in [0.1, 0.15) is 17.6 Å². The Balaban J connectivity index is 1.23. The second kappa shape index (κ2) is 11.3. The third kappa shape index (κ3) is 5.45. The van der Waals surface area contributed by atoms with Crippen molar-refractivity contribution in [3.05, 3.63) is 107 Å². The lowest BCUT2D eigenvalue weighted by molar-refractivity contribution is -0.147.